The number of carbonyl (C=O) groups is 1. The minimum Gasteiger partial charge on any atom is -0.481 e. The van der Waals surface area contributed by atoms with Crippen LogP contribution < -0.4 is 19.5 Å². The van der Waals surface area contributed by atoms with Gasteiger partial charge in [-0.05, 0) is 25.1 Å². The lowest BCUT2D eigenvalue weighted by molar-refractivity contribution is -0.127. The van der Waals surface area contributed by atoms with E-state index in [0.29, 0.717) is 23.8 Å². The van der Waals surface area contributed by atoms with Gasteiger partial charge in [0, 0.05) is 36.8 Å². The van der Waals surface area contributed by atoms with Crippen LogP contribution in [0.3, 0.4) is 0 Å². The van der Waals surface area contributed by atoms with Crippen LogP contribution in [0.5, 0.6) is 17.2 Å². The first-order valence-electron chi connectivity index (χ1n) is 8.47. The van der Waals surface area contributed by atoms with E-state index in [2.05, 4.69) is 15.3 Å². The first kappa shape index (κ1) is 16.9. The molecule has 4 rings (SSSR count). The molecule has 1 aliphatic heterocycles. The third-order valence-electron chi connectivity index (χ3n) is 4.10. The van der Waals surface area contributed by atoms with Gasteiger partial charge in [0.05, 0.1) is 0 Å². The summed E-state index contributed by atoms with van der Waals surface area (Å²) in [5.41, 5.74) is 0.874. The molecular weight excluding hydrogens is 348 g/mol. The third-order valence-corrected chi connectivity index (χ3v) is 4.10. The normalized spacial score (nSPS) is 13.2. The van der Waals surface area contributed by atoms with Gasteiger partial charge in [-0.15, -0.1) is 0 Å². The standard InChI is InChI=1S/C19H18N4O4/c1-13(27-15-4-5-16-17(9-15)26-12-25-16)19(24)22-10-14-3-2-6-21-18(14)23-8-7-20-11-23/h2-9,11,13H,10,12H2,1H3,(H,22,24)/t13-/m1/s1. The second-order valence-corrected chi connectivity index (χ2v) is 5.95. The number of amides is 1. The number of pyridine rings is 1. The summed E-state index contributed by atoms with van der Waals surface area (Å²) < 4.78 is 18.1. The van der Waals surface area contributed by atoms with Crippen LogP contribution >= 0.6 is 0 Å². The molecule has 0 saturated carbocycles. The Morgan fingerprint density at radius 1 is 1.30 bits per heavy atom. The zero-order valence-corrected chi connectivity index (χ0v) is 14.7. The van der Waals surface area contributed by atoms with Gasteiger partial charge in [0.2, 0.25) is 6.79 Å². The lowest BCUT2D eigenvalue weighted by Crippen LogP contribution is -2.36. The molecular formula is C19H18N4O4. The fourth-order valence-electron chi connectivity index (χ4n) is 2.72. The molecule has 8 nitrogen and oxygen atoms in total. The minimum absolute atomic E-state index is 0.194. The summed E-state index contributed by atoms with van der Waals surface area (Å²) in [6.45, 7) is 2.22. The largest absolute Gasteiger partial charge is 0.481 e. The van der Waals surface area contributed by atoms with E-state index in [1.807, 2.05) is 12.1 Å². The van der Waals surface area contributed by atoms with Crippen molar-refractivity contribution in [2.75, 3.05) is 6.79 Å². The van der Waals surface area contributed by atoms with Crippen molar-refractivity contribution in [3.05, 3.63) is 60.8 Å². The highest BCUT2D eigenvalue weighted by Gasteiger charge is 2.18. The van der Waals surface area contributed by atoms with E-state index in [1.54, 1.807) is 54.6 Å². The molecule has 0 spiro atoms. The van der Waals surface area contributed by atoms with Crippen LogP contribution in [0, 0.1) is 0 Å². The molecule has 138 valence electrons. The Labute approximate surface area is 155 Å². The van der Waals surface area contributed by atoms with Crippen LogP contribution in [0.25, 0.3) is 5.82 Å². The molecule has 3 aromatic rings. The highest BCUT2D eigenvalue weighted by molar-refractivity contribution is 5.80. The van der Waals surface area contributed by atoms with Crippen molar-refractivity contribution in [1.82, 2.24) is 19.9 Å². The van der Waals surface area contributed by atoms with Gasteiger partial charge in [-0.1, -0.05) is 6.07 Å². The molecule has 0 fully saturated rings. The van der Waals surface area contributed by atoms with E-state index in [4.69, 9.17) is 14.2 Å². The lowest BCUT2D eigenvalue weighted by atomic mass is 10.2. The van der Waals surface area contributed by atoms with Gasteiger partial charge in [0.25, 0.3) is 5.91 Å². The van der Waals surface area contributed by atoms with Gasteiger partial charge in [0.1, 0.15) is 17.9 Å². The Morgan fingerprint density at radius 3 is 3.04 bits per heavy atom. The van der Waals surface area contributed by atoms with Crippen LogP contribution in [0.4, 0.5) is 0 Å². The first-order valence-corrected chi connectivity index (χ1v) is 8.47. The van der Waals surface area contributed by atoms with Crippen molar-refractivity contribution in [2.24, 2.45) is 0 Å². The fourth-order valence-corrected chi connectivity index (χ4v) is 2.72. The Balaban J connectivity index is 1.38. The van der Waals surface area contributed by atoms with E-state index < -0.39 is 6.10 Å². The topological polar surface area (TPSA) is 87.5 Å². The molecule has 0 radical (unpaired) electrons. The van der Waals surface area contributed by atoms with Crippen LogP contribution in [-0.2, 0) is 11.3 Å². The van der Waals surface area contributed by atoms with E-state index in [0.717, 1.165) is 11.4 Å². The number of carbonyl (C=O) groups excluding carboxylic acids is 1. The third kappa shape index (κ3) is 3.69. The van der Waals surface area contributed by atoms with Crippen molar-refractivity contribution in [1.29, 1.82) is 0 Å². The summed E-state index contributed by atoms with van der Waals surface area (Å²) in [6, 6.07) is 8.95. The predicted molar refractivity (Wildman–Crippen MR) is 95.9 cm³/mol. The molecule has 8 heteroatoms. The molecule has 1 aromatic carbocycles. The molecule has 1 N–H and O–H groups in total. The number of imidazole rings is 1. The van der Waals surface area contributed by atoms with E-state index >= 15 is 0 Å². The summed E-state index contributed by atoms with van der Waals surface area (Å²) in [4.78, 5) is 20.8. The monoisotopic (exact) mass is 366 g/mol. The fraction of sp³-hybridized carbons (Fsp3) is 0.211. The Hall–Kier alpha value is -3.55. The van der Waals surface area contributed by atoms with E-state index in [9.17, 15) is 4.79 Å². The predicted octanol–water partition coefficient (Wildman–Crippen LogP) is 2.08. The number of ether oxygens (including phenoxy) is 3. The number of nitrogens with one attached hydrogen (secondary N) is 1. The second kappa shape index (κ2) is 7.36. The molecule has 1 atom stereocenters. The molecule has 27 heavy (non-hydrogen) atoms. The molecule has 0 aliphatic carbocycles. The zero-order valence-electron chi connectivity index (χ0n) is 14.7. The first-order chi connectivity index (χ1) is 13.2. The van der Waals surface area contributed by atoms with Gasteiger partial charge in [-0.25, -0.2) is 9.97 Å². The zero-order chi connectivity index (χ0) is 18.6. The van der Waals surface area contributed by atoms with Gasteiger partial charge in [-0.2, -0.15) is 0 Å². The lowest BCUT2D eigenvalue weighted by Gasteiger charge is -2.16. The number of nitrogens with zero attached hydrogens (tertiary/aromatic N) is 3. The summed E-state index contributed by atoms with van der Waals surface area (Å²) in [6.07, 6.45) is 6.18. The van der Waals surface area contributed by atoms with Crippen molar-refractivity contribution in [2.45, 2.75) is 19.6 Å². The van der Waals surface area contributed by atoms with E-state index in [-0.39, 0.29) is 12.7 Å². The summed E-state index contributed by atoms with van der Waals surface area (Å²) in [5, 5.41) is 2.88. The molecule has 1 amide bonds. The smallest absolute Gasteiger partial charge is 0.261 e. The number of rotatable bonds is 6. The highest BCUT2D eigenvalue weighted by Crippen LogP contribution is 2.35. The summed E-state index contributed by atoms with van der Waals surface area (Å²) in [7, 11) is 0. The molecule has 0 bridgehead atoms. The van der Waals surface area contributed by atoms with Gasteiger partial charge >= 0.3 is 0 Å². The number of hydrogen-bond donors (Lipinski definition) is 1. The number of benzene rings is 1. The number of aromatic nitrogens is 3. The summed E-state index contributed by atoms with van der Waals surface area (Å²) >= 11 is 0. The maximum Gasteiger partial charge on any atom is 0.261 e. The summed E-state index contributed by atoms with van der Waals surface area (Å²) in [5.74, 6) is 2.32. The number of hydrogen-bond acceptors (Lipinski definition) is 6. The van der Waals surface area contributed by atoms with Crippen LogP contribution in [0.1, 0.15) is 12.5 Å². The van der Waals surface area contributed by atoms with Gasteiger partial charge < -0.3 is 19.5 Å². The van der Waals surface area contributed by atoms with Crippen LogP contribution in [0.15, 0.2) is 55.2 Å². The van der Waals surface area contributed by atoms with Crippen molar-refractivity contribution in [3.63, 3.8) is 0 Å². The second-order valence-electron chi connectivity index (χ2n) is 5.95. The van der Waals surface area contributed by atoms with Crippen LogP contribution in [0.2, 0.25) is 0 Å². The number of fused-ring (bicyclic) bond motifs is 1. The molecule has 0 unspecified atom stereocenters. The van der Waals surface area contributed by atoms with E-state index in [1.165, 1.54) is 0 Å². The Kier molecular flexibility index (Phi) is 4.61. The Morgan fingerprint density at radius 2 is 2.19 bits per heavy atom. The molecule has 2 aromatic heterocycles. The maximum absolute atomic E-state index is 12.4. The highest BCUT2D eigenvalue weighted by atomic mass is 16.7. The minimum atomic E-state index is -0.668. The van der Waals surface area contributed by atoms with Crippen molar-refractivity contribution in [3.8, 4) is 23.1 Å². The molecule has 3 heterocycles. The van der Waals surface area contributed by atoms with Crippen molar-refractivity contribution >= 4 is 5.91 Å². The maximum atomic E-state index is 12.4. The van der Waals surface area contributed by atoms with Gasteiger partial charge in [0.15, 0.2) is 17.6 Å². The average molecular weight is 366 g/mol. The van der Waals surface area contributed by atoms with Crippen LogP contribution in [-0.4, -0.2) is 33.3 Å². The molecule has 1 aliphatic rings. The Bertz CT molecular complexity index is 943. The molecule has 0 saturated heterocycles. The average Bonchev–Trinajstić information content (AvgIpc) is 3.37. The quantitative estimate of drug-likeness (QED) is 0.719. The van der Waals surface area contributed by atoms with Crippen molar-refractivity contribution < 1.29 is 19.0 Å². The SMILES string of the molecule is C[C@@H](Oc1ccc2c(c1)OCO2)C(=O)NCc1cccnc1-n1ccnc1. The van der Waals surface area contributed by atoms with Gasteiger partial charge in [-0.3, -0.25) is 9.36 Å².